The maximum absolute atomic E-state index is 12.6. The number of carbonyl (C=O) groups excluding carboxylic acids is 1. The molecule has 2 amide bonds. The number of piperidine rings is 1. The van der Waals surface area contributed by atoms with Gasteiger partial charge in [0.1, 0.15) is 0 Å². The van der Waals surface area contributed by atoms with E-state index in [2.05, 4.69) is 19.9 Å². The number of pyridine rings is 1. The van der Waals surface area contributed by atoms with E-state index in [0.29, 0.717) is 18.8 Å². The summed E-state index contributed by atoms with van der Waals surface area (Å²) in [5, 5.41) is 2.95. The third-order valence-corrected chi connectivity index (χ3v) is 5.28. The van der Waals surface area contributed by atoms with E-state index in [0.717, 1.165) is 50.8 Å². The molecule has 2 aliphatic heterocycles. The van der Waals surface area contributed by atoms with Gasteiger partial charge in [-0.1, -0.05) is 0 Å². The van der Waals surface area contributed by atoms with Gasteiger partial charge in [0.25, 0.3) is 0 Å². The fourth-order valence-electron chi connectivity index (χ4n) is 3.43. The Morgan fingerprint density at radius 2 is 2.00 bits per heavy atom. The van der Waals surface area contributed by atoms with Crippen LogP contribution in [0.2, 0.25) is 0 Å². The van der Waals surface area contributed by atoms with E-state index in [1.807, 2.05) is 6.07 Å². The minimum atomic E-state index is -3.27. The van der Waals surface area contributed by atoms with Crippen LogP contribution in [0.15, 0.2) is 18.3 Å². The van der Waals surface area contributed by atoms with Crippen LogP contribution in [0.25, 0.3) is 0 Å². The van der Waals surface area contributed by atoms with Crippen LogP contribution in [-0.4, -0.2) is 62.8 Å². The lowest BCUT2D eigenvalue weighted by Gasteiger charge is -2.33. The fraction of sp³-hybridized carbons (Fsp3) is 0.625. The molecule has 2 aliphatic rings. The highest BCUT2D eigenvalue weighted by molar-refractivity contribution is 7.88. The summed E-state index contributed by atoms with van der Waals surface area (Å²) in [6.45, 7) is 2.89. The molecular formula is C16H25N5O3S. The number of carbonyl (C=O) groups is 1. The van der Waals surface area contributed by atoms with Crippen molar-refractivity contribution in [2.45, 2.75) is 31.7 Å². The van der Waals surface area contributed by atoms with E-state index >= 15 is 0 Å². The third-order valence-electron chi connectivity index (χ3n) is 4.52. The van der Waals surface area contributed by atoms with Gasteiger partial charge in [0.15, 0.2) is 5.82 Å². The van der Waals surface area contributed by atoms with Crippen LogP contribution in [0.4, 0.5) is 16.3 Å². The molecule has 0 saturated carbocycles. The highest BCUT2D eigenvalue weighted by atomic mass is 32.2. The minimum absolute atomic E-state index is 0.214. The van der Waals surface area contributed by atoms with Gasteiger partial charge in [-0.05, 0) is 37.8 Å². The van der Waals surface area contributed by atoms with Gasteiger partial charge in [-0.15, -0.1) is 0 Å². The second kappa shape index (κ2) is 7.57. The molecule has 9 heteroatoms. The molecule has 3 rings (SSSR count). The van der Waals surface area contributed by atoms with Gasteiger partial charge in [-0.25, -0.2) is 22.9 Å². The largest absolute Gasteiger partial charge is 0.355 e. The molecule has 2 fully saturated rings. The van der Waals surface area contributed by atoms with Crippen molar-refractivity contribution >= 4 is 27.6 Å². The number of anilines is 2. The number of sulfonamides is 1. The van der Waals surface area contributed by atoms with Gasteiger partial charge in [0.2, 0.25) is 10.0 Å². The molecule has 25 heavy (non-hydrogen) atoms. The SMILES string of the molecule is CS(=O)(=O)N[C@H]1CCCN(C(=O)Nc2cccnc2N2CCCC2)C1. The van der Waals surface area contributed by atoms with Crippen molar-refractivity contribution in [2.24, 2.45) is 0 Å². The number of nitrogens with one attached hydrogen (secondary N) is 2. The average Bonchev–Trinajstić information content (AvgIpc) is 3.08. The number of amides is 2. The molecule has 1 aromatic heterocycles. The number of rotatable bonds is 4. The monoisotopic (exact) mass is 367 g/mol. The number of urea groups is 1. The van der Waals surface area contributed by atoms with Crippen molar-refractivity contribution in [3.63, 3.8) is 0 Å². The predicted octanol–water partition coefficient (Wildman–Crippen LogP) is 1.23. The summed E-state index contributed by atoms with van der Waals surface area (Å²) in [7, 11) is -3.27. The molecular weight excluding hydrogens is 342 g/mol. The van der Waals surface area contributed by atoms with E-state index < -0.39 is 10.0 Å². The van der Waals surface area contributed by atoms with E-state index in [-0.39, 0.29) is 12.1 Å². The zero-order valence-electron chi connectivity index (χ0n) is 14.4. The quantitative estimate of drug-likeness (QED) is 0.835. The van der Waals surface area contributed by atoms with Crippen LogP contribution in [0, 0.1) is 0 Å². The minimum Gasteiger partial charge on any atom is -0.355 e. The smallest absolute Gasteiger partial charge is 0.322 e. The Labute approximate surface area is 148 Å². The van der Waals surface area contributed by atoms with Crippen molar-refractivity contribution in [3.8, 4) is 0 Å². The van der Waals surface area contributed by atoms with Gasteiger partial charge in [-0.3, -0.25) is 0 Å². The number of likely N-dealkylation sites (tertiary alicyclic amines) is 1. The Bertz CT molecular complexity index is 718. The van der Waals surface area contributed by atoms with E-state index in [9.17, 15) is 13.2 Å². The molecule has 1 aromatic rings. The number of hydrogen-bond donors (Lipinski definition) is 2. The number of hydrogen-bond acceptors (Lipinski definition) is 5. The summed E-state index contributed by atoms with van der Waals surface area (Å²) in [6, 6.07) is 3.21. The Hall–Kier alpha value is -1.87. The summed E-state index contributed by atoms with van der Waals surface area (Å²) in [6.07, 6.45) is 6.65. The van der Waals surface area contributed by atoms with Crippen molar-refractivity contribution in [3.05, 3.63) is 18.3 Å². The molecule has 0 aliphatic carbocycles. The van der Waals surface area contributed by atoms with Crippen LogP contribution >= 0.6 is 0 Å². The Morgan fingerprint density at radius 3 is 2.72 bits per heavy atom. The fourth-order valence-corrected chi connectivity index (χ4v) is 4.23. The zero-order valence-corrected chi connectivity index (χ0v) is 15.3. The Kier molecular flexibility index (Phi) is 5.43. The lowest BCUT2D eigenvalue weighted by atomic mass is 10.1. The average molecular weight is 367 g/mol. The maximum Gasteiger partial charge on any atom is 0.322 e. The lowest BCUT2D eigenvalue weighted by molar-refractivity contribution is 0.190. The second-order valence-corrected chi connectivity index (χ2v) is 8.45. The van der Waals surface area contributed by atoms with Crippen molar-refractivity contribution in [2.75, 3.05) is 42.7 Å². The van der Waals surface area contributed by atoms with Crippen molar-refractivity contribution in [1.82, 2.24) is 14.6 Å². The van der Waals surface area contributed by atoms with Crippen LogP contribution < -0.4 is 14.9 Å². The normalized spacial score (nSPS) is 21.4. The van der Waals surface area contributed by atoms with E-state index in [1.54, 1.807) is 17.2 Å². The summed E-state index contributed by atoms with van der Waals surface area (Å²) in [4.78, 5) is 20.9. The molecule has 0 bridgehead atoms. The standard InChI is InChI=1S/C16H25N5O3S/c1-25(23,24)19-13-6-5-11-21(12-13)16(22)18-14-7-4-8-17-15(14)20-9-2-3-10-20/h4,7-8,13,19H,2-3,5-6,9-12H2,1H3,(H,18,22)/t13-/m0/s1. The van der Waals surface area contributed by atoms with Gasteiger partial charge in [0, 0.05) is 38.4 Å². The van der Waals surface area contributed by atoms with Crippen LogP contribution in [0.5, 0.6) is 0 Å². The summed E-state index contributed by atoms with van der Waals surface area (Å²) in [5.74, 6) is 0.802. The lowest BCUT2D eigenvalue weighted by Crippen LogP contribution is -2.50. The number of aromatic nitrogens is 1. The highest BCUT2D eigenvalue weighted by Gasteiger charge is 2.26. The first-order valence-corrected chi connectivity index (χ1v) is 10.5. The zero-order chi connectivity index (χ0) is 17.9. The molecule has 138 valence electrons. The van der Waals surface area contributed by atoms with E-state index in [4.69, 9.17) is 0 Å². The predicted molar refractivity (Wildman–Crippen MR) is 97.3 cm³/mol. The first-order chi connectivity index (χ1) is 11.9. The van der Waals surface area contributed by atoms with Crippen LogP contribution in [0.1, 0.15) is 25.7 Å². The summed E-state index contributed by atoms with van der Waals surface area (Å²) in [5.41, 5.74) is 0.701. The Balaban J connectivity index is 1.66. The third kappa shape index (κ3) is 4.82. The van der Waals surface area contributed by atoms with Crippen molar-refractivity contribution in [1.29, 1.82) is 0 Å². The van der Waals surface area contributed by atoms with Gasteiger partial charge >= 0.3 is 6.03 Å². The molecule has 3 heterocycles. The molecule has 8 nitrogen and oxygen atoms in total. The molecule has 1 atom stereocenters. The maximum atomic E-state index is 12.6. The molecule has 0 radical (unpaired) electrons. The molecule has 2 N–H and O–H groups in total. The Morgan fingerprint density at radius 1 is 1.24 bits per heavy atom. The highest BCUT2D eigenvalue weighted by Crippen LogP contribution is 2.26. The molecule has 0 aromatic carbocycles. The van der Waals surface area contributed by atoms with Crippen LogP contribution in [-0.2, 0) is 10.0 Å². The van der Waals surface area contributed by atoms with Gasteiger partial charge in [-0.2, -0.15) is 0 Å². The first-order valence-electron chi connectivity index (χ1n) is 8.65. The van der Waals surface area contributed by atoms with Gasteiger partial charge in [0.05, 0.1) is 11.9 Å². The van der Waals surface area contributed by atoms with Gasteiger partial charge < -0.3 is 15.1 Å². The molecule has 0 unspecified atom stereocenters. The topological polar surface area (TPSA) is 94.6 Å². The summed E-state index contributed by atoms with van der Waals surface area (Å²) < 4.78 is 25.4. The first kappa shape index (κ1) is 17.9. The number of nitrogens with zero attached hydrogens (tertiary/aromatic N) is 3. The van der Waals surface area contributed by atoms with Crippen LogP contribution in [0.3, 0.4) is 0 Å². The molecule has 0 spiro atoms. The molecule has 2 saturated heterocycles. The summed E-state index contributed by atoms with van der Waals surface area (Å²) >= 11 is 0. The second-order valence-electron chi connectivity index (χ2n) is 6.67. The van der Waals surface area contributed by atoms with Crippen molar-refractivity contribution < 1.29 is 13.2 Å². The van der Waals surface area contributed by atoms with E-state index in [1.165, 1.54) is 0 Å².